The molecular weight excluding hydrogens is 257 g/mol. The van der Waals surface area contributed by atoms with Crippen LogP contribution in [0.25, 0.3) is 0 Å². The number of anilines is 1. The molecule has 0 spiro atoms. The van der Waals surface area contributed by atoms with Gasteiger partial charge in [0.25, 0.3) is 0 Å². The van der Waals surface area contributed by atoms with Gasteiger partial charge < -0.3 is 16.0 Å². The summed E-state index contributed by atoms with van der Waals surface area (Å²) in [7, 11) is 0. The lowest BCUT2D eigenvalue weighted by molar-refractivity contribution is -0.119. The number of nitrogens with one attached hydrogen (secondary N) is 1. The van der Waals surface area contributed by atoms with Gasteiger partial charge in [0, 0.05) is 13.1 Å². The van der Waals surface area contributed by atoms with Crippen molar-refractivity contribution in [2.75, 3.05) is 18.0 Å². The number of nitrogens with two attached hydrogens (primary N) is 1. The van der Waals surface area contributed by atoms with E-state index in [-0.39, 0.29) is 17.8 Å². The zero-order valence-electron chi connectivity index (χ0n) is 11.9. The highest BCUT2D eigenvalue weighted by atomic mass is 19.1. The SMILES string of the molecule is CCCNCc1ccc(N2CCCC2C(N)=O)c(F)c1. The molecule has 0 bridgehead atoms. The van der Waals surface area contributed by atoms with Crippen molar-refractivity contribution >= 4 is 11.6 Å². The molecule has 1 aliphatic heterocycles. The molecule has 1 amide bonds. The quantitative estimate of drug-likeness (QED) is 0.780. The smallest absolute Gasteiger partial charge is 0.240 e. The van der Waals surface area contributed by atoms with Crippen molar-refractivity contribution in [2.45, 2.75) is 38.8 Å². The maximum absolute atomic E-state index is 14.2. The maximum Gasteiger partial charge on any atom is 0.240 e. The molecule has 1 aromatic rings. The lowest BCUT2D eigenvalue weighted by atomic mass is 10.1. The van der Waals surface area contributed by atoms with Gasteiger partial charge in [0.05, 0.1) is 5.69 Å². The minimum atomic E-state index is -0.381. The topological polar surface area (TPSA) is 58.4 Å². The number of primary amides is 1. The first-order valence-electron chi connectivity index (χ1n) is 7.18. The minimum Gasteiger partial charge on any atom is -0.368 e. The molecule has 1 aromatic carbocycles. The van der Waals surface area contributed by atoms with E-state index in [9.17, 15) is 9.18 Å². The summed E-state index contributed by atoms with van der Waals surface area (Å²) in [6.07, 6.45) is 2.62. The predicted octanol–water partition coefficient (Wildman–Crippen LogP) is 1.78. The normalized spacial score (nSPS) is 18.5. The molecule has 1 aliphatic rings. The van der Waals surface area contributed by atoms with E-state index in [1.165, 1.54) is 6.07 Å². The van der Waals surface area contributed by atoms with Crippen LogP contribution < -0.4 is 16.0 Å². The molecule has 1 atom stereocenters. The van der Waals surface area contributed by atoms with E-state index in [0.717, 1.165) is 24.9 Å². The Labute approximate surface area is 119 Å². The summed E-state index contributed by atoms with van der Waals surface area (Å²) >= 11 is 0. The summed E-state index contributed by atoms with van der Waals surface area (Å²) in [6.45, 7) is 4.34. The highest BCUT2D eigenvalue weighted by Gasteiger charge is 2.30. The molecule has 2 rings (SSSR count). The number of rotatable bonds is 6. The summed E-state index contributed by atoms with van der Waals surface area (Å²) in [5, 5.41) is 3.24. The third kappa shape index (κ3) is 3.28. The van der Waals surface area contributed by atoms with Crippen LogP contribution >= 0.6 is 0 Å². The van der Waals surface area contributed by atoms with Crippen molar-refractivity contribution in [3.05, 3.63) is 29.6 Å². The summed E-state index contributed by atoms with van der Waals surface area (Å²) in [4.78, 5) is 13.2. The Morgan fingerprint density at radius 3 is 3.00 bits per heavy atom. The van der Waals surface area contributed by atoms with Crippen LogP contribution in [-0.4, -0.2) is 25.0 Å². The molecule has 20 heavy (non-hydrogen) atoms. The van der Waals surface area contributed by atoms with Crippen LogP contribution in [0.2, 0.25) is 0 Å². The predicted molar refractivity (Wildman–Crippen MR) is 78.0 cm³/mol. The van der Waals surface area contributed by atoms with Crippen molar-refractivity contribution in [1.29, 1.82) is 0 Å². The van der Waals surface area contributed by atoms with Gasteiger partial charge in [0.2, 0.25) is 5.91 Å². The molecule has 3 N–H and O–H groups in total. The Balaban J connectivity index is 2.11. The number of benzene rings is 1. The van der Waals surface area contributed by atoms with Gasteiger partial charge in [0.1, 0.15) is 11.9 Å². The zero-order valence-corrected chi connectivity index (χ0v) is 11.9. The van der Waals surface area contributed by atoms with Crippen LogP contribution in [0, 0.1) is 5.82 Å². The number of hydrogen-bond acceptors (Lipinski definition) is 3. The van der Waals surface area contributed by atoms with E-state index in [4.69, 9.17) is 5.73 Å². The van der Waals surface area contributed by atoms with Crippen LogP contribution in [0.3, 0.4) is 0 Å². The Bertz CT molecular complexity index is 478. The average molecular weight is 279 g/mol. The van der Waals surface area contributed by atoms with E-state index >= 15 is 0 Å². The van der Waals surface area contributed by atoms with Gasteiger partial charge in [-0.05, 0) is 43.5 Å². The van der Waals surface area contributed by atoms with Crippen molar-refractivity contribution in [1.82, 2.24) is 5.32 Å². The molecule has 4 nitrogen and oxygen atoms in total. The molecule has 1 saturated heterocycles. The molecule has 0 aliphatic carbocycles. The lowest BCUT2D eigenvalue weighted by Crippen LogP contribution is -2.40. The summed E-state index contributed by atoms with van der Waals surface area (Å²) in [5.74, 6) is -0.662. The Kier molecular flexibility index (Phi) is 4.95. The van der Waals surface area contributed by atoms with Crippen molar-refractivity contribution in [3.63, 3.8) is 0 Å². The monoisotopic (exact) mass is 279 g/mol. The molecule has 0 radical (unpaired) electrons. The van der Waals surface area contributed by atoms with E-state index in [2.05, 4.69) is 12.2 Å². The number of halogens is 1. The molecule has 1 unspecified atom stereocenters. The van der Waals surface area contributed by atoms with Gasteiger partial charge in [-0.25, -0.2) is 4.39 Å². The summed E-state index contributed by atoms with van der Waals surface area (Å²) < 4.78 is 14.2. The van der Waals surface area contributed by atoms with Crippen LogP contribution in [0.1, 0.15) is 31.7 Å². The molecule has 1 heterocycles. The van der Waals surface area contributed by atoms with Crippen molar-refractivity contribution in [3.8, 4) is 0 Å². The first-order chi connectivity index (χ1) is 9.63. The van der Waals surface area contributed by atoms with Crippen molar-refractivity contribution < 1.29 is 9.18 Å². The van der Waals surface area contributed by atoms with Gasteiger partial charge in [-0.2, -0.15) is 0 Å². The fourth-order valence-corrected chi connectivity index (χ4v) is 2.65. The third-order valence-corrected chi connectivity index (χ3v) is 3.66. The molecule has 110 valence electrons. The second-order valence-corrected chi connectivity index (χ2v) is 5.22. The fraction of sp³-hybridized carbons (Fsp3) is 0.533. The van der Waals surface area contributed by atoms with Gasteiger partial charge in [0.15, 0.2) is 0 Å². The van der Waals surface area contributed by atoms with Crippen LogP contribution in [0.4, 0.5) is 10.1 Å². The first-order valence-corrected chi connectivity index (χ1v) is 7.18. The van der Waals surface area contributed by atoms with E-state index in [1.807, 2.05) is 6.07 Å². The van der Waals surface area contributed by atoms with Gasteiger partial charge in [-0.15, -0.1) is 0 Å². The number of nitrogens with zero attached hydrogens (tertiary/aromatic N) is 1. The fourth-order valence-electron chi connectivity index (χ4n) is 2.65. The van der Waals surface area contributed by atoms with Crippen molar-refractivity contribution in [2.24, 2.45) is 5.73 Å². The van der Waals surface area contributed by atoms with E-state index in [0.29, 0.717) is 25.2 Å². The lowest BCUT2D eigenvalue weighted by Gasteiger charge is -2.25. The molecule has 0 aromatic heterocycles. The maximum atomic E-state index is 14.2. The number of carbonyl (C=O) groups excluding carboxylic acids is 1. The Hall–Kier alpha value is -1.62. The zero-order chi connectivity index (χ0) is 14.5. The van der Waals surface area contributed by atoms with E-state index in [1.54, 1.807) is 11.0 Å². The second kappa shape index (κ2) is 6.70. The largest absolute Gasteiger partial charge is 0.368 e. The van der Waals surface area contributed by atoms with E-state index < -0.39 is 0 Å². The van der Waals surface area contributed by atoms with Gasteiger partial charge >= 0.3 is 0 Å². The number of carbonyl (C=O) groups is 1. The Morgan fingerprint density at radius 1 is 1.55 bits per heavy atom. The van der Waals surface area contributed by atoms with Crippen LogP contribution in [0.15, 0.2) is 18.2 Å². The third-order valence-electron chi connectivity index (χ3n) is 3.66. The van der Waals surface area contributed by atoms with Gasteiger partial charge in [-0.1, -0.05) is 13.0 Å². The average Bonchev–Trinajstić information content (AvgIpc) is 2.88. The molecule has 5 heteroatoms. The second-order valence-electron chi connectivity index (χ2n) is 5.22. The first kappa shape index (κ1) is 14.8. The molecular formula is C15H22FN3O. The van der Waals surface area contributed by atoms with Gasteiger partial charge in [-0.3, -0.25) is 4.79 Å². The number of amides is 1. The highest BCUT2D eigenvalue weighted by molar-refractivity contribution is 5.84. The minimum absolute atomic E-state index is 0.283. The Morgan fingerprint density at radius 2 is 2.35 bits per heavy atom. The summed E-state index contributed by atoms with van der Waals surface area (Å²) in [5.41, 5.74) is 6.76. The molecule has 1 fully saturated rings. The van der Waals surface area contributed by atoms with Crippen LogP contribution in [0.5, 0.6) is 0 Å². The van der Waals surface area contributed by atoms with Crippen LogP contribution in [-0.2, 0) is 11.3 Å². The standard InChI is InChI=1S/C15H22FN3O/c1-2-7-18-10-11-5-6-13(12(16)9-11)19-8-3-4-14(19)15(17)20/h5-6,9,14,18H,2-4,7-8,10H2,1H3,(H2,17,20). The molecule has 0 saturated carbocycles. The highest BCUT2D eigenvalue weighted by Crippen LogP contribution is 2.28. The summed E-state index contributed by atoms with van der Waals surface area (Å²) in [6, 6.07) is 4.80. The number of hydrogen-bond donors (Lipinski definition) is 2.